The second kappa shape index (κ2) is 6.64. The van der Waals surface area contributed by atoms with Crippen molar-refractivity contribution < 1.29 is 0 Å². The van der Waals surface area contributed by atoms with Crippen LogP contribution in [0.5, 0.6) is 0 Å². The molecule has 0 amide bonds. The van der Waals surface area contributed by atoms with Gasteiger partial charge in [0.1, 0.15) is 5.15 Å². The van der Waals surface area contributed by atoms with E-state index in [1.807, 2.05) is 6.19 Å². The molecule has 2 saturated carbocycles. The summed E-state index contributed by atoms with van der Waals surface area (Å²) in [7, 11) is 0. The Morgan fingerprint density at radius 1 is 1.36 bits per heavy atom. The highest BCUT2D eigenvalue weighted by atomic mass is 35.5. The summed E-state index contributed by atoms with van der Waals surface area (Å²) in [5.41, 5.74) is 0.248. The molecule has 0 unspecified atom stereocenters. The molecule has 0 aromatic carbocycles. The van der Waals surface area contributed by atoms with Gasteiger partial charge in [0, 0.05) is 17.5 Å². The summed E-state index contributed by atoms with van der Waals surface area (Å²) < 4.78 is 0. The standard InChI is InChI=1S/C16H23ClN4S/c1-16(7-12(8-16)20-10-18)9-19-15-21-14(17)13(22-15)11-5-3-2-4-6-11/h11-12,20H,2-9H2,1H3,(H,19,21)/t12-,16-. The van der Waals surface area contributed by atoms with Gasteiger partial charge in [-0.3, -0.25) is 0 Å². The Kier molecular flexibility index (Phi) is 4.79. The number of hydrogen-bond acceptors (Lipinski definition) is 5. The van der Waals surface area contributed by atoms with E-state index in [2.05, 4.69) is 22.5 Å². The van der Waals surface area contributed by atoms with Crippen molar-refractivity contribution in [1.82, 2.24) is 10.3 Å². The Bertz CT molecular complexity index is 553. The first-order chi connectivity index (χ1) is 10.6. The molecule has 1 heterocycles. The number of thiazole rings is 1. The van der Waals surface area contributed by atoms with Gasteiger partial charge in [0.15, 0.2) is 11.3 Å². The fourth-order valence-corrected chi connectivity index (χ4v) is 5.19. The van der Waals surface area contributed by atoms with Crippen LogP contribution < -0.4 is 10.6 Å². The molecule has 1 aromatic rings. The maximum atomic E-state index is 8.64. The maximum Gasteiger partial charge on any atom is 0.184 e. The number of anilines is 1. The molecule has 0 spiro atoms. The molecule has 4 nitrogen and oxygen atoms in total. The average molecular weight is 339 g/mol. The predicted octanol–water partition coefficient (Wildman–Crippen LogP) is 4.50. The molecule has 2 fully saturated rings. The SMILES string of the molecule is C[C@]1(CNc2nc(Cl)c(C3CCCCC3)s2)C[C@H](NC#N)C1. The van der Waals surface area contributed by atoms with E-state index in [1.165, 1.54) is 37.0 Å². The molecule has 0 atom stereocenters. The van der Waals surface area contributed by atoms with Gasteiger partial charge >= 0.3 is 0 Å². The van der Waals surface area contributed by atoms with Crippen LogP contribution in [0.15, 0.2) is 0 Å². The van der Waals surface area contributed by atoms with Gasteiger partial charge < -0.3 is 10.6 Å². The summed E-state index contributed by atoms with van der Waals surface area (Å²) in [6.45, 7) is 3.15. The molecule has 0 aliphatic heterocycles. The number of nitrogens with one attached hydrogen (secondary N) is 2. The molecule has 0 radical (unpaired) electrons. The van der Waals surface area contributed by atoms with Gasteiger partial charge in [-0.05, 0) is 37.0 Å². The Balaban J connectivity index is 1.54. The molecule has 0 bridgehead atoms. The third-order valence-corrected chi connectivity index (χ3v) is 6.57. The van der Waals surface area contributed by atoms with Gasteiger partial charge in [-0.1, -0.05) is 37.8 Å². The van der Waals surface area contributed by atoms with E-state index in [1.54, 1.807) is 11.3 Å². The van der Waals surface area contributed by atoms with Crippen LogP contribution in [0.1, 0.15) is 62.7 Å². The molecule has 120 valence electrons. The monoisotopic (exact) mass is 338 g/mol. The smallest absolute Gasteiger partial charge is 0.184 e. The molecule has 22 heavy (non-hydrogen) atoms. The first-order valence-corrected chi connectivity index (χ1v) is 9.34. The fraction of sp³-hybridized carbons (Fsp3) is 0.750. The predicted molar refractivity (Wildman–Crippen MR) is 91.3 cm³/mol. The Labute approximate surface area is 141 Å². The van der Waals surface area contributed by atoms with E-state index in [0.29, 0.717) is 17.1 Å². The van der Waals surface area contributed by atoms with Crippen LogP contribution in [-0.4, -0.2) is 17.6 Å². The Morgan fingerprint density at radius 2 is 2.09 bits per heavy atom. The molecular formula is C16H23ClN4S. The summed E-state index contributed by atoms with van der Waals surface area (Å²) >= 11 is 8.08. The zero-order valence-corrected chi connectivity index (χ0v) is 14.6. The molecule has 2 aliphatic rings. The highest BCUT2D eigenvalue weighted by Crippen LogP contribution is 2.43. The van der Waals surface area contributed by atoms with E-state index in [0.717, 1.165) is 24.5 Å². The van der Waals surface area contributed by atoms with Crippen LogP contribution in [-0.2, 0) is 0 Å². The lowest BCUT2D eigenvalue weighted by atomic mass is 9.67. The fourth-order valence-electron chi connectivity index (χ4n) is 3.76. The second-order valence-corrected chi connectivity index (χ2v) is 8.42. The van der Waals surface area contributed by atoms with Gasteiger partial charge in [0.2, 0.25) is 0 Å². The van der Waals surface area contributed by atoms with Crippen LogP contribution in [0.2, 0.25) is 5.15 Å². The van der Waals surface area contributed by atoms with Crippen molar-refractivity contribution in [2.75, 3.05) is 11.9 Å². The van der Waals surface area contributed by atoms with Crippen molar-refractivity contribution in [2.45, 2.75) is 63.8 Å². The highest BCUT2D eigenvalue weighted by Gasteiger charge is 2.40. The minimum Gasteiger partial charge on any atom is -0.361 e. The van der Waals surface area contributed by atoms with Crippen LogP contribution in [0, 0.1) is 16.9 Å². The van der Waals surface area contributed by atoms with E-state index in [4.69, 9.17) is 16.9 Å². The summed E-state index contributed by atoms with van der Waals surface area (Å²) in [4.78, 5) is 5.78. The van der Waals surface area contributed by atoms with Crippen molar-refractivity contribution in [2.24, 2.45) is 5.41 Å². The summed E-state index contributed by atoms with van der Waals surface area (Å²) in [6, 6.07) is 0.342. The molecule has 1 aromatic heterocycles. The largest absolute Gasteiger partial charge is 0.361 e. The van der Waals surface area contributed by atoms with Gasteiger partial charge in [-0.25, -0.2) is 4.98 Å². The van der Waals surface area contributed by atoms with Crippen molar-refractivity contribution in [3.05, 3.63) is 10.0 Å². The summed E-state index contributed by atoms with van der Waals surface area (Å²) in [6.07, 6.45) is 10.6. The second-order valence-electron chi connectivity index (χ2n) is 7.03. The minimum absolute atomic E-state index is 0.248. The van der Waals surface area contributed by atoms with Gasteiger partial charge in [0.05, 0.1) is 0 Å². The highest BCUT2D eigenvalue weighted by molar-refractivity contribution is 7.16. The number of nitriles is 1. The number of nitrogens with zero attached hydrogens (tertiary/aromatic N) is 2. The van der Waals surface area contributed by atoms with Gasteiger partial charge in [0.25, 0.3) is 0 Å². The van der Waals surface area contributed by atoms with Crippen molar-refractivity contribution in [3.63, 3.8) is 0 Å². The van der Waals surface area contributed by atoms with E-state index in [-0.39, 0.29) is 5.41 Å². The third-order valence-electron chi connectivity index (χ3n) is 5.00. The first-order valence-electron chi connectivity index (χ1n) is 8.14. The zero-order valence-electron chi connectivity index (χ0n) is 13.0. The molecule has 2 aliphatic carbocycles. The number of rotatable bonds is 5. The van der Waals surface area contributed by atoms with Crippen molar-refractivity contribution in [3.8, 4) is 6.19 Å². The van der Waals surface area contributed by atoms with E-state index < -0.39 is 0 Å². The Hall–Kier alpha value is -0.990. The maximum absolute atomic E-state index is 8.64. The van der Waals surface area contributed by atoms with Crippen molar-refractivity contribution in [1.29, 1.82) is 5.26 Å². The number of aromatic nitrogens is 1. The first kappa shape index (κ1) is 15.9. The molecule has 6 heteroatoms. The van der Waals surface area contributed by atoms with Crippen LogP contribution in [0.3, 0.4) is 0 Å². The number of hydrogen-bond donors (Lipinski definition) is 2. The van der Waals surface area contributed by atoms with Crippen LogP contribution in [0.25, 0.3) is 0 Å². The van der Waals surface area contributed by atoms with Gasteiger partial charge in [-0.15, -0.1) is 11.3 Å². The Morgan fingerprint density at radius 3 is 2.77 bits per heavy atom. The van der Waals surface area contributed by atoms with E-state index >= 15 is 0 Å². The normalized spacial score (nSPS) is 28.7. The van der Waals surface area contributed by atoms with E-state index in [9.17, 15) is 0 Å². The minimum atomic E-state index is 0.248. The van der Waals surface area contributed by atoms with Crippen LogP contribution in [0.4, 0.5) is 5.13 Å². The lowest BCUT2D eigenvalue weighted by molar-refractivity contribution is 0.130. The lowest BCUT2D eigenvalue weighted by Crippen LogP contribution is -2.49. The molecule has 3 rings (SSSR count). The molecule has 2 N–H and O–H groups in total. The topological polar surface area (TPSA) is 60.7 Å². The quantitative estimate of drug-likeness (QED) is 0.613. The van der Waals surface area contributed by atoms with Gasteiger partial charge in [-0.2, -0.15) is 5.26 Å². The molecular weight excluding hydrogens is 316 g/mol. The third kappa shape index (κ3) is 3.49. The lowest BCUT2D eigenvalue weighted by Gasteiger charge is -2.44. The molecule has 0 saturated heterocycles. The summed E-state index contributed by atoms with van der Waals surface area (Å²) in [5.74, 6) is 0.609. The zero-order chi connectivity index (χ0) is 15.6. The summed E-state index contributed by atoms with van der Waals surface area (Å²) in [5, 5.41) is 16.6. The number of halogens is 1. The average Bonchev–Trinajstić information content (AvgIpc) is 2.86. The van der Waals surface area contributed by atoms with Crippen LogP contribution >= 0.6 is 22.9 Å². The van der Waals surface area contributed by atoms with Crippen molar-refractivity contribution >= 4 is 28.1 Å².